The average molecular weight is 305 g/mol. The largest absolute Gasteiger partial charge is 0.326 e. The smallest absolute Gasteiger partial charge is 0.244 e. The van der Waals surface area contributed by atoms with Crippen LogP contribution < -0.4 is 5.73 Å². The van der Waals surface area contributed by atoms with E-state index in [0.29, 0.717) is 13.1 Å². The lowest BCUT2D eigenvalue weighted by Crippen LogP contribution is -2.28. The summed E-state index contributed by atoms with van der Waals surface area (Å²) < 4.78 is 26.1. The van der Waals surface area contributed by atoms with Gasteiger partial charge in [0, 0.05) is 20.1 Å². The summed E-state index contributed by atoms with van der Waals surface area (Å²) >= 11 is 6.04. The predicted molar refractivity (Wildman–Crippen MR) is 78.7 cm³/mol. The molecule has 4 nitrogen and oxygen atoms in total. The van der Waals surface area contributed by atoms with E-state index in [-0.39, 0.29) is 9.92 Å². The molecule has 0 radical (unpaired) electrons. The number of nitrogens with two attached hydrogens (primary N) is 1. The Bertz CT molecular complexity index is 517. The van der Waals surface area contributed by atoms with Crippen LogP contribution in [0.25, 0.3) is 0 Å². The van der Waals surface area contributed by atoms with Crippen molar-refractivity contribution in [3.05, 3.63) is 28.8 Å². The molecule has 1 aromatic rings. The highest BCUT2D eigenvalue weighted by Gasteiger charge is 2.23. The predicted octanol–water partition coefficient (Wildman–Crippen LogP) is 2.61. The molecular weight excluding hydrogens is 284 g/mol. The van der Waals surface area contributed by atoms with Crippen LogP contribution in [-0.2, 0) is 16.6 Å². The van der Waals surface area contributed by atoms with Crippen molar-refractivity contribution in [2.24, 2.45) is 5.73 Å². The molecule has 1 rings (SSSR count). The van der Waals surface area contributed by atoms with Crippen molar-refractivity contribution in [3.8, 4) is 0 Å². The van der Waals surface area contributed by atoms with E-state index in [1.54, 1.807) is 19.2 Å². The molecule has 0 saturated carbocycles. The number of unbranched alkanes of at least 4 members (excludes halogenated alkanes) is 2. The normalized spacial score (nSPS) is 12.1. The topological polar surface area (TPSA) is 63.4 Å². The van der Waals surface area contributed by atoms with Crippen LogP contribution in [0.2, 0.25) is 5.02 Å². The quantitative estimate of drug-likeness (QED) is 0.788. The number of hydrogen-bond acceptors (Lipinski definition) is 3. The van der Waals surface area contributed by atoms with E-state index < -0.39 is 10.0 Å². The fourth-order valence-electron chi connectivity index (χ4n) is 1.75. The molecule has 0 atom stereocenters. The summed E-state index contributed by atoms with van der Waals surface area (Å²) in [5.41, 5.74) is 6.32. The summed E-state index contributed by atoms with van der Waals surface area (Å²) in [4.78, 5) is 0.144. The molecule has 0 spiro atoms. The molecule has 0 amide bonds. The molecule has 0 bridgehead atoms. The minimum Gasteiger partial charge on any atom is -0.326 e. The first-order valence-corrected chi connectivity index (χ1v) is 8.20. The third-order valence-electron chi connectivity index (χ3n) is 3.00. The van der Waals surface area contributed by atoms with E-state index in [2.05, 4.69) is 6.92 Å². The van der Waals surface area contributed by atoms with E-state index in [9.17, 15) is 8.42 Å². The van der Waals surface area contributed by atoms with Gasteiger partial charge in [-0.25, -0.2) is 12.7 Å². The molecule has 0 fully saturated rings. The maximum absolute atomic E-state index is 12.4. The number of halogens is 1. The molecule has 0 heterocycles. The average Bonchev–Trinajstić information content (AvgIpc) is 2.38. The van der Waals surface area contributed by atoms with Crippen LogP contribution in [0.3, 0.4) is 0 Å². The molecule has 19 heavy (non-hydrogen) atoms. The van der Waals surface area contributed by atoms with Crippen LogP contribution in [0.15, 0.2) is 23.1 Å². The Morgan fingerprint density at radius 2 is 2.00 bits per heavy atom. The van der Waals surface area contributed by atoms with E-state index in [0.717, 1.165) is 24.8 Å². The Labute approximate surface area is 120 Å². The van der Waals surface area contributed by atoms with Crippen molar-refractivity contribution in [1.29, 1.82) is 0 Å². The van der Waals surface area contributed by atoms with Crippen LogP contribution >= 0.6 is 11.6 Å². The molecule has 0 saturated heterocycles. The third kappa shape index (κ3) is 4.18. The summed E-state index contributed by atoms with van der Waals surface area (Å²) in [5, 5.41) is 0.227. The van der Waals surface area contributed by atoms with Crippen LogP contribution in [0, 0.1) is 0 Å². The van der Waals surface area contributed by atoms with Gasteiger partial charge in [0.15, 0.2) is 0 Å². The van der Waals surface area contributed by atoms with Crippen LogP contribution in [0.4, 0.5) is 0 Å². The molecule has 1 aromatic carbocycles. The first kappa shape index (κ1) is 16.4. The van der Waals surface area contributed by atoms with Crippen molar-refractivity contribution in [2.75, 3.05) is 13.6 Å². The summed E-state index contributed by atoms with van der Waals surface area (Å²) in [5.74, 6) is 0. The SMILES string of the molecule is CCCCCN(C)S(=O)(=O)c1ccc(CN)cc1Cl. The number of benzene rings is 1. The van der Waals surface area contributed by atoms with E-state index in [4.69, 9.17) is 17.3 Å². The minimum absolute atomic E-state index is 0.144. The number of nitrogens with zero attached hydrogens (tertiary/aromatic N) is 1. The second kappa shape index (κ2) is 7.24. The number of sulfonamides is 1. The van der Waals surface area contributed by atoms with Gasteiger partial charge in [0.1, 0.15) is 4.90 Å². The van der Waals surface area contributed by atoms with E-state index in [1.807, 2.05) is 0 Å². The zero-order valence-corrected chi connectivity index (χ0v) is 13.0. The van der Waals surface area contributed by atoms with Crippen LogP contribution in [-0.4, -0.2) is 26.3 Å². The first-order valence-electron chi connectivity index (χ1n) is 6.38. The summed E-state index contributed by atoms with van der Waals surface area (Å²) in [6.45, 7) is 2.93. The van der Waals surface area contributed by atoms with Crippen molar-refractivity contribution in [1.82, 2.24) is 4.31 Å². The van der Waals surface area contributed by atoms with Gasteiger partial charge in [-0.1, -0.05) is 37.4 Å². The van der Waals surface area contributed by atoms with Gasteiger partial charge in [0.25, 0.3) is 0 Å². The fraction of sp³-hybridized carbons (Fsp3) is 0.538. The van der Waals surface area contributed by atoms with Gasteiger partial charge in [-0.3, -0.25) is 0 Å². The molecule has 0 aliphatic carbocycles. The molecule has 108 valence electrons. The summed E-state index contributed by atoms with van der Waals surface area (Å²) in [6.07, 6.45) is 2.92. The van der Waals surface area contributed by atoms with Crippen molar-refractivity contribution in [3.63, 3.8) is 0 Å². The Balaban J connectivity index is 2.93. The maximum Gasteiger partial charge on any atom is 0.244 e. The highest BCUT2D eigenvalue weighted by Crippen LogP contribution is 2.25. The lowest BCUT2D eigenvalue weighted by Gasteiger charge is -2.18. The van der Waals surface area contributed by atoms with E-state index >= 15 is 0 Å². The number of rotatable bonds is 7. The van der Waals surface area contributed by atoms with Gasteiger partial charge >= 0.3 is 0 Å². The molecule has 6 heteroatoms. The lowest BCUT2D eigenvalue weighted by molar-refractivity contribution is 0.454. The van der Waals surface area contributed by atoms with Crippen molar-refractivity contribution in [2.45, 2.75) is 37.6 Å². The standard InChI is InChI=1S/C13H21ClN2O2S/c1-3-4-5-8-16(2)19(17,18)13-7-6-11(10-15)9-12(13)14/h6-7,9H,3-5,8,10,15H2,1-2H3. The Morgan fingerprint density at radius 1 is 1.32 bits per heavy atom. The number of hydrogen-bond donors (Lipinski definition) is 1. The minimum atomic E-state index is -3.51. The Morgan fingerprint density at radius 3 is 2.53 bits per heavy atom. The third-order valence-corrected chi connectivity index (χ3v) is 5.34. The molecule has 0 aromatic heterocycles. The van der Waals surface area contributed by atoms with Gasteiger partial charge < -0.3 is 5.73 Å². The van der Waals surface area contributed by atoms with Gasteiger partial charge in [-0.15, -0.1) is 0 Å². The maximum atomic E-state index is 12.4. The molecular formula is C13H21ClN2O2S. The van der Waals surface area contributed by atoms with Crippen molar-refractivity contribution < 1.29 is 8.42 Å². The zero-order chi connectivity index (χ0) is 14.5. The monoisotopic (exact) mass is 304 g/mol. The highest BCUT2D eigenvalue weighted by atomic mass is 35.5. The summed E-state index contributed by atoms with van der Waals surface area (Å²) in [6, 6.07) is 4.82. The van der Waals surface area contributed by atoms with Crippen LogP contribution in [0.1, 0.15) is 31.7 Å². The Hall–Kier alpha value is -0.620. The zero-order valence-electron chi connectivity index (χ0n) is 11.4. The van der Waals surface area contributed by atoms with Crippen LogP contribution in [0.5, 0.6) is 0 Å². The second-order valence-electron chi connectivity index (χ2n) is 4.50. The molecule has 2 N–H and O–H groups in total. The first-order chi connectivity index (χ1) is 8.93. The van der Waals surface area contributed by atoms with Gasteiger partial charge in [0.2, 0.25) is 10.0 Å². The second-order valence-corrected chi connectivity index (χ2v) is 6.92. The highest BCUT2D eigenvalue weighted by molar-refractivity contribution is 7.89. The Kier molecular flexibility index (Phi) is 6.26. The summed E-state index contributed by atoms with van der Waals surface area (Å²) in [7, 11) is -1.93. The van der Waals surface area contributed by atoms with E-state index in [1.165, 1.54) is 10.4 Å². The molecule has 0 aliphatic rings. The van der Waals surface area contributed by atoms with Gasteiger partial charge in [0.05, 0.1) is 5.02 Å². The lowest BCUT2D eigenvalue weighted by atomic mass is 10.2. The van der Waals surface area contributed by atoms with Gasteiger partial charge in [-0.05, 0) is 24.1 Å². The fourth-order valence-corrected chi connectivity index (χ4v) is 3.50. The molecule has 0 aliphatic heterocycles. The van der Waals surface area contributed by atoms with Gasteiger partial charge in [-0.2, -0.15) is 0 Å². The molecule has 0 unspecified atom stereocenters. The van der Waals surface area contributed by atoms with Crippen molar-refractivity contribution >= 4 is 21.6 Å².